The van der Waals surface area contributed by atoms with Crippen molar-refractivity contribution in [3.8, 4) is 5.75 Å². The van der Waals surface area contributed by atoms with Crippen LogP contribution in [0.1, 0.15) is 133 Å². The summed E-state index contributed by atoms with van der Waals surface area (Å²) in [5.41, 5.74) is 25.8. The molecule has 0 bridgehead atoms. The molecular weight excluding hydrogens is 1780 g/mol. The molecule has 3 aromatic heterocycles. The molecule has 0 radical (unpaired) electrons. The number of phenols is 1. The van der Waals surface area contributed by atoms with Crippen LogP contribution >= 0.6 is 11.8 Å². The molecule has 15 atom stereocenters. The Balaban J connectivity index is 1.11. The molecular formula is C89H121N23O22S. The molecule has 6 aromatic rings. The number of para-hydroxylation sites is 2. The van der Waals surface area contributed by atoms with Crippen LogP contribution in [0.15, 0.2) is 97.7 Å². The Morgan fingerprint density at radius 3 is 1.60 bits per heavy atom. The number of imidazole rings is 1. The number of aromatic hydroxyl groups is 1. The number of phenolic OH excluding ortho intramolecular Hbond substituents is 1. The maximum atomic E-state index is 15.8. The lowest BCUT2D eigenvalue weighted by molar-refractivity contribution is -0.149. The minimum atomic E-state index is -1.96. The van der Waals surface area contributed by atoms with Crippen LogP contribution in [-0.4, -0.2) is 322 Å². The Bertz CT molecular complexity index is 5280. The summed E-state index contributed by atoms with van der Waals surface area (Å²) in [6.45, 7) is 3.02. The van der Waals surface area contributed by atoms with E-state index in [1.165, 1.54) is 64.9 Å². The Kier molecular flexibility index (Phi) is 38.5. The van der Waals surface area contributed by atoms with E-state index < -0.39 is 266 Å². The number of nitrogens with zero attached hydrogens (tertiary/aromatic N) is 6. The lowest BCUT2D eigenvalue weighted by Crippen LogP contribution is -2.61. The zero-order valence-corrected chi connectivity index (χ0v) is 76.7. The first-order valence-corrected chi connectivity index (χ1v) is 45.7. The molecule has 135 heavy (non-hydrogen) atoms. The number of rotatable bonds is 26. The van der Waals surface area contributed by atoms with Crippen LogP contribution in [0.5, 0.6) is 5.75 Å². The van der Waals surface area contributed by atoms with Crippen LogP contribution in [0.25, 0.3) is 21.8 Å². The van der Waals surface area contributed by atoms with Crippen LogP contribution < -0.4 is 76.1 Å². The highest BCUT2D eigenvalue weighted by Crippen LogP contribution is 2.28. The summed E-state index contributed by atoms with van der Waals surface area (Å²) in [5.74, 6) is -21.2. The Hall–Kier alpha value is -14.1. The number of likely N-dealkylation sites (N-methyl/N-ethyl adjacent to an activating group) is 3. The SMILES string of the molecule is CCCC[C@H]1C(=O)N(C)[C@@H](CCCC)C(=O)N[C@@H](CCC(=O)O)C(=O)N[C@H](C(=O)NCC(N)=O)CSCC(=O)N[C@@H](Cc2ccc(O)cc2)C(=O)N(C)[C@@H](C)C(=O)N[C@H](CC(N)=O)C(=O)N2CCC[C@H]2C(=O)N[C@@H](Cc2c[nH]cn2)C(=O)N[C@@H](CC(N)=O)C(=O)N2C[C@H](O)C[C@H]2C(=O)N[C@@H](Cc2c[nH]c3ccccc23)C(=O)N[C@@H](CCN)C(=O)N[C@@H](Cc2c[nH]c3ccccc23)C(=O)N1C. The number of carbonyl (C=O) groups is 19. The van der Waals surface area contributed by atoms with Gasteiger partial charge in [-0.15, -0.1) is 11.8 Å². The zero-order valence-electron chi connectivity index (χ0n) is 75.9. The monoisotopic (exact) mass is 1900 g/mol. The average molecular weight is 1900 g/mol. The van der Waals surface area contributed by atoms with Gasteiger partial charge in [0, 0.05) is 119 Å². The van der Waals surface area contributed by atoms with E-state index in [0.717, 1.165) is 24.5 Å². The number of benzene rings is 3. The Morgan fingerprint density at radius 2 is 1.02 bits per heavy atom. The van der Waals surface area contributed by atoms with Crippen molar-refractivity contribution in [2.24, 2.45) is 22.9 Å². The highest BCUT2D eigenvalue weighted by atomic mass is 32.2. The largest absolute Gasteiger partial charge is 0.508 e. The molecule has 9 rings (SSSR count). The van der Waals surface area contributed by atoms with Gasteiger partial charge in [0.05, 0.1) is 43.3 Å². The van der Waals surface area contributed by atoms with Crippen molar-refractivity contribution in [3.63, 3.8) is 0 Å². The van der Waals surface area contributed by atoms with E-state index in [-0.39, 0.29) is 82.3 Å². The Morgan fingerprint density at radius 1 is 0.519 bits per heavy atom. The minimum absolute atomic E-state index is 0.0396. The summed E-state index contributed by atoms with van der Waals surface area (Å²) in [6.07, 6.45) is 0.411. The van der Waals surface area contributed by atoms with Gasteiger partial charge in [-0.25, -0.2) is 4.98 Å². The number of aromatic nitrogens is 4. The fourth-order valence-corrected chi connectivity index (χ4v) is 17.3. The molecule has 0 aliphatic carbocycles. The van der Waals surface area contributed by atoms with Gasteiger partial charge in [-0.05, 0) is 92.9 Å². The van der Waals surface area contributed by atoms with Crippen LogP contribution in [0.3, 0.4) is 0 Å². The van der Waals surface area contributed by atoms with E-state index in [4.69, 9.17) is 22.9 Å². The van der Waals surface area contributed by atoms with Gasteiger partial charge in [-0.1, -0.05) is 88.1 Å². The molecule has 45 nitrogen and oxygen atoms in total. The molecule has 24 N–H and O–H groups in total. The number of nitrogens with one attached hydrogen (secondary N) is 13. The molecule has 3 aromatic carbocycles. The number of hydrogen-bond donors (Lipinski definition) is 20. The number of thioether (sulfide) groups is 1. The zero-order chi connectivity index (χ0) is 98.6. The number of aliphatic carboxylic acids is 1. The van der Waals surface area contributed by atoms with Crippen molar-refractivity contribution in [2.75, 3.05) is 58.8 Å². The van der Waals surface area contributed by atoms with Crippen molar-refractivity contribution in [2.45, 2.75) is 227 Å². The second kappa shape index (κ2) is 49.6. The average Bonchev–Trinajstić information content (AvgIpc) is 1.76. The number of aromatic amines is 3. The summed E-state index contributed by atoms with van der Waals surface area (Å²) in [6, 6.07) is -3.61. The van der Waals surface area contributed by atoms with Crippen LogP contribution in [0.2, 0.25) is 0 Å². The molecule has 0 saturated carbocycles. The molecule has 3 fully saturated rings. The Labute approximate surface area is 780 Å². The van der Waals surface area contributed by atoms with Gasteiger partial charge in [0.1, 0.15) is 90.3 Å². The number of fused-ring (bicyclic) bond motifs is 4. The first-order chi connectivity index (χ1) is 64.3. The number of aliphatic hydroxyl groups is 1. The molecule has 730 valence electrons. The van der Waals surface area contributed by atoms with Gasteiger partial charge in [0.25, 0.3) is 0 Å². The normalized spacial score (nSPS) is 24.7. The number of aliphatic hydroxyl groups excluding tert-OH is 1. The number of primary amides is 3. The van der Waals surface area contributed by atoms with Gasteiger partial charge in [0.15, 0.2) is 0 Å². The number of carbonyl (C=O) groups excluding carboxylic acids is 18. The number of H-pyrrole nitrogens is 3. The summed E-state index contributed by atoms with van der Waals surface area (Å²) in [7, 11) is 3.80. The maximum Gasteiger partial charge on any atom is 0.303 e. The predicted octanol–water partition coefficient (Wildman–Crippen LogP) is -4.14. The number of nitrogens with two attached hydrogens (primary N) is 4. The van der Waals surface area contributed by atoms with Crippen LogP contribution in [0, 0.1) is 0 Å². The standard InChI is InChI=1S/C89H121N23O22S/c1-7-9-20-67-82(127)101-58(27-28-75(119)120)78(123)107-66(77(122)97-42-73(93)117)44-135-45-74(118)99-62(32-48-23-25-52(113)26-24-48)85(130)108(4)47(3)76(121)104-64(37-71(91)115)87(132)111-31-15-22-68(111)83(128)103-61(35-51-41-94-46-98-51)81(126)106-65(38-72(92)116)88(133)112-43-53(114)36-70(112)84(129)102-60(33-49-39-95-56-18-13-11-16-54(49)56)80(125)100-59(29-30-90)79(124)105-63(34-50-40-96-57-19-14-12-17-55(50)57)86(131)110(6)69(21-10-8-2)89(134)109(67)5/h11-14,16-19,23-26,39-41,46-47,53,58-70,95-96,113-114H,7-10,15,20-22,27-38,42-45,90H2,1-6H3,(H2,91,115)(H2,92,116)(H2,93,117)(H,94,98)(H,97,122)(H,99,118)(H,100,125)(H,101,127)(H,102,129)(H,103,128)(H,104,121)(H,105,124)(H,106,126)(H,107,123)(H,119,120)/t47-,53+,58-,59-,60-,61-,62-,63-,64+,65-,66-,67-,68-,69-,70-/m0/s1. The molecule has 3 aliphatic rings. The van der Waals surface area contributed by atoms with Crippen LogP contribution in [0.4, 0.5) is 0 Å². The third-order valence-corrected chi connectivity index (χ3v) is 25.0. The van der Waals surface area contributed by atoms with E-state index in [1.807, 2.05) is 6.92 Å². The van der Waals surface area contributed by atoms with E-state index in [0.29, 0.717) is 69.5 Å². The third kappa shape index (κ3) is 29.0. The van der Waals surface area contributed by atoms with Crippen LogP contribution in [-0.2, 0) is 117 Å². The molecule has 18 amide bonds. The predicted molar refractivity (Wildman–Crippen MR) is 488 cm³/mol. The highest BCUT2D eigenvalue weighted by molar-refractivity contribution is 8.00. The maximum absolute atomic E-state index is 15.8. The quantitative estimate of drug-likeness (QED) is 0.0245. The van der Waals surface area contributed by atoms with Crippen molar-refractivity contribution in [1.82, 2.24) is 97.6 Å². The molecule has 0 unspecified atom stereocenters. The number of hydrogen-bond acceptors (Lipinski definition) is 24. The van der Waals surface area contributed by atoms with Crippen molar-refractivity contribution in [3.05, 3.63) is 120 Å². The van der Waals surface area contributed by atoms with Crippen molar-refractivity contribution in [1.29, 1.82) is 0 Å². The third-order valence-electron chi connectivity index (χ3n) is 23.9. The molecule has 0 spiro atoms. The fourth-order valence-electron chi connectivity index (χ4n) is 16.5. The molecule has 46 heteroatoms. The fraction of sp³-hybridized carbons (Fsp3) is 0.506. The van der Waals surface area contributed by atoms with Gasteiger partial charge in [-0.2, -0.15) is 0 Å². The lowest BCUT2D eigenvalue weighted by atomic mass is 9.99. The summed E-state index contributed by atoms with van der Waals surface area (Å²) >= 11 is 0.699. The molecule has 3 aliphatic heterocycles. The number of unbranched alkanes of at least 4 members (excludes halogenated alkanes) is 2. The minimum Gasteiger partial charge on any atom is -0.508 e. The van der Waals surface area contributed by atoms with E-state index in [2.05, 4.69) is 73.1 Å². The second-order valence-electron chi connectivity index (χ2n) is 33.8. The summed E-state index contributed by atoms with van der Waals surface area (Å²) < 4.78 is 0. The first kappa shape index (κ1) is 105. The lowest BCUT2D eigenvalue weighted by Gasteiger charge is -2.36. The number of carboxylic acids is 1. The van der Waals surface area contributed by atoms with E-state index in [1.54, 1.807) is 67.8 Å². The number of carboxylic acid groups (broad SMARTS) is 1. The first-order valence-electron chi connectivity index (χ1n) is 44.6. The topological polar surface area (TPSA) is 686 Å². The van der Waals surface area contributed by atoms with E-state index in [9.17, 15) is 72.9 Å². The van der Waals surface area contributed by atoms with Gasteiger partial charge < -0.3 is 131 Å². The highest BCUT2D eigenvalue weighted by Gasteiger charge is 2.47. The van der Waals surface area contributed by atoms with Gasteiger partial charge in [-0.3, -0.25) is 91.1 Å². The van der Waals surface area contributed by atoms with Gasteiger partial charge in [0.2, 0.25) is 106 Å². The van der Waals surface area contributed by atoms with Gasteiger partial charge >= 0.3 is 5.97 Å². The van der Waals surface area contributed by atoms with Crippen molar-refractivity contribution >= 4 is 146 Å². The summed E-state index contributed by atoms with van der Waals surface area (Å²) in [5, 5.41) is 58.6. The number of amides is 18. The second-order valence-corrected chi connectivity index (χ2v) is 34.9. The summed E-state index contributed by atoms with van der Waals surface area (Å²) in [4.78, 5) is 293. The van der Waals surface area contributed by atoms with Crippen molar-refractivity contribution < 1.29 is 106 Å². The molecule has 3 saturated heterocycles. The van der Waals surface area contributed by atoms with E-state index >= 15 is 33.6 Å². The smallest absolute Gasteiger partial charge is 0.303 e. The molecule has 6 heterocycles.